The van der Waals surface area contributed by atoms with E-state index >= 15 is 0 Å². The number of benzene rings is 1. The first-order valence-electron chi connectivity index (χ1n) is 7.10. The Morgan fingerprint density at radius 2 is 1.90 bits per heavy atom. The second kappa shape index (κ2) is 8.35. The summed E-state index contributed by atoms with van der Waals surface area (Å²) in [5.74, 6) is -2.00. The molecular weight excluding hydrogens is 254 g/mol. The van der Waals surface area contributed by atoms with Crippen molar-refractivity contribution in [3.63, 3.8) is 0 Å². The van der Waals surface area contributed by atoms with Gasteiger partial charge >= 0.3 is 0 Å². The van der Waals surface area contributed by atoms with Crippen LogP contribution in [0.15, 0.2) is 30.3 Å². The molecule has 0 saturated heterocycles. The normalized spacial score (nSPS) is 13.5. The maximum absolute atomic E-state index is 11.9. The van der Waals surface area contributed by atoms with Crippen LogP contribution >= 0.6 is 0 Å². The third-order valence-electron chi connectivity index (χ3n) is 3.42. The van der Waals surface area contributed by atoms with Crippen molar-refractivity contribution in [1.82, 2.24) is 0 Å². The van der Waals surface area contributed by atoms with Gasteiger partial charge < -0.3 is 15.2 Å². The van der Waals surface area contributed by atoms with E-state index in [9.17, 15) is 14.7 Å². The number of aliphatic carboxylic acids is 1. The van der Waals surface area contributed by atoms with Gasteiger partial charge in [-0.3, -0.25) is 4.79 Å². The Hall–Kier alpha value is -1.84. The number of nitrogens with one attached hydrogen (secondary N) is 1. The fourth-order valence-corrected chi connectivity index (χ4v) is 2.23. The smallest absolute Gasteiger partial charge is 0.224 e. The van der Waals surface area contributed by atoms with Crippen molar-refractivity contribution >= 4 is 17.6 Å². The molecular formula is C16H22NO3-. The number of anilines is 1. The quantitative estimate of drug-likeness (QED) is 0.791. The summed E-state index contributed by atoms with van der Waals surface area (Å²) in [6, 6.07) is 9.15. The first-order valence-corrected chi connectivity index (χ1v) is 7.10. The number of carbonyl (C=O) groups excluding carboxylic acids is 2. The summed E-state index contributed by atoms with van der Waals surface area (Å²) in [5.41, 5.74) is 0.725. The van der Waals surface area contributed by atoms with Gasteiger partial charge in [0.1, 0.15) is 0 Å². The average molecular weight is 276 g/mol. The van der Waals surface area contributed by atoms with Crippen LogP contribution < -0.4 is 10.4 Å². The number of rotatable bonds is 8. The lowest BCUT2D eigenvalue weighted by Crippen LogP contribution is -2.36. The number of hydrogen-bond donors (Lipinski definition) is 1. The molecule has 1 aromatic carbocycles. The topological polar surface area (TPSA) is 69.2 Å². The second-order valence-corrected chi connectivity index (χ2v) is 5.16. The number of amides is 1. The van der Waals surface area contributed by atoms with Crippen LogP contribution in [0.5, 0.6) is 0 Å². The summed E-state index contributed by atoms with van der Waals surface area (Å²) in [6.45, 7) is 3.81. The van der Waals surface area contributed by atoms with Crippen LogP contribution in [0, 0.1) is 11.8 Å². The highest BCUT2D eigenvalue weighted by molar-refractivity contribution is 5.91. The molecule has 0 aromatic heterocycles. The molecule has 0 aliphatic heterocycles. The fourth-order valence-electron chi connectivity index (χ4n) is 2.23. The van der Waals surface area contributed by atoms with Crippen molar-refractivity contribution in [2.45, 2.75) is 39.5 Å². The first kappa shape index (κ1) is 16.2. The third-order valence-corrected chi connectivity index (χ3v) is 3.42. The predicted octanol–water partition coefficient (Wildman–Crippen LogP) is 2.21. The van der Waals surface area contributed by atoms with E-state index in [0.717, 1.165) is 18.5 Å². The van der Waals surface area contributed by atoms with E-state index in [0.29, 0.717) is 6.42 Å². The summed E-state index contributed by atoms with van der Waals surface area (Å²) in [4.78, 5) is 23.0. The summed E-state index contributed by atoms with van der Waals surface area (Å²) >= 11 is 0. The Balaban J connectivity index is 2.52. The minimum Gasteiger partial charge on any atom is -0.550 e. The molecule has 0 spiro atoms. The van der Waals surface area contributed by atoms with Gasteiger partial charge in [0.2, 0.25) is 5.91 Å². The van der Waals surface area contributed by atoms with Crippen LogP contribution in [0.4, 0.5) is 5.69 Å². The van der Waals surface area contributed by atoms with Gasteiger partial charge in [-0.1, -0.05) is 44.9 Å². The molecule has 4 nitrogen and oxygen atoms in total. The minimum atomic E-state index is -1.06. The second-order valence-electron chi connectivity index (χ2n) is 5.16. The van der Waals surface area contributed by atoms with Crippen molar-refractivity contribution < 1.29 is 14.7 Å². The molecule has 1 N–H and O–H groups in total. The van der Waals surface area contributed by atoms with Crippen molar-refractivity contribution in [1.29, 1.82) is 0 Å². The van der Waals surface area contributed by atoms with Gasteiger partial charge in [-0.2, -0.15) is 0 Å². The predicted molar refractivity (Wildman–Crippen MR) is 76.9 cm³/mol. The molecule has 0 radical (unpaired) electrons. The van der Waals surface area contributed by atoms with Crippen LogP contribution in [0.1, 0.15) is 39.5 Å². The van der Waals surface area contributed by atoms with E-state index in [2.05, 4.69) is 5.32 Å². The molecule has 1 rings (SSSR count). The lowest BCUT2D eigenvalue weighted by atomic mass is 9.87. The van der Waals surface area contributed by atoms with E-state index in [1.807, 2.05) is 25.1 Å². The van der Waals surface area contributed by atoms with Crippen LogP contribution in [-0.4, -0.2) is 11.9 Å². The van der Waals surface area contributed by atoms with Gasteiger partial charge in [0.15, 0.2) is 0 Å². The molecule has 2 atom stereocenters. The molecule has 110 valence electrons. The Kier molecular flexibility index (Phi) is 6.77. The van der Waals surface area contributed by atoms with Gasteiger partial charge in [0.05, 0.1) is 0 Å². The molecule has 0 saturated carbocycles. The van der Waals surface area contributed by atoms with Gasteiger partial charge in [-0.15, -0.1) is 0 Å². The van der Waals surface area contributed by atoms with Crippen LogP contribution in [-0.2, 0) is 9.59 Å². The van der Waals surface area contributed by atoms with Crippen molar-refractivity contribution in [2.75, 3.05) is 5.32 Å². The molecule has 4 heteroatoms. The maximum Gasteiger partial charge on any atom is 0.224 e. The van der Waals surface area contributed by atoms with E-state index in [1.165, 1.54) is 0 Å². The first-order chi connectivity index (χ1) is 9.54. The average Bonchev–Trinajstić information content (AvgIpc) is 2.39. The van der Waals surface area contributed by atoms with E-state index < -0.39 is 11.9 Å². The number of carboxylic acids is 1. The van der Waals surface area contributed by atoms with Crippen LogP contribution in [0.3, 0.4) is 0 Å². The molecule has 0 aliphatic rings. The molecule has 20 heavy (non-hydrogen) atoms. The summed E-state index contributed by atoms with van der Waals surface area (Å²) in [6.07, 6.45) is 2.53. The van der Waals surface area contributed by atoms with Crippen molar-refractivity contribution in [3.05, 3.63) is 30.3 Å². The molecule has 0 unspecified atom stereocenters. The lowest BCUT2D eigenvalue weighted by molar-refractivity contribution is -0.313. The summed E-state index contributed by atoms with van der Waals surface area (Å²) < 4.78 is 0. The van der Waals surface area contributed by atoms with Crippen molar-refractivity contribution in [3.8, 4) is 0 Å². The van der Waals surface area contributed by atoms with Gasteiger partial charge in [0, 0.05) is 24.0 Å². The standard InChI is InChI=1S/C16H23NO3/c1-3-4-10-14(16(19)20)12(2)11-15(18)17-13-8-6-5-7-9-13/h5-9,12,14H,3-4,10-11H2,1-2H3,(H,17,18)(H,19,20)/p-1/t12-,14-/m1/s1. The Bertz CT molecular complexity index is 431. The fraction of sp³-hybridized carbons (Fsp3) is 0.500. The highest BCUT2D eigenvalue weighted by Gasteiger charge is 2.20. The molecule has 0 aliphatic carbocycles. The van der Waals surface area contributed by atoms with Crippen molar-refractivity contribution in [2.24, 2.45) is 11.8 Å². The SMILES string of the molecule is CCCC[C@@H](C(=O)[O-])[C@H](C)CC(=O)Nc1ccccc1. The van der Waals surface area contributed by atoms with E-state index in [-0.39, 0.29) is 18.2 Å². The summed E-state index contributed by atoms with van der Waals surface area (Å²) in [5, 5.41) is 13.9. The maximum atomic E-state index is 11.9. The van der Waals surface area contributed by atoms with Crippen LogP contribution in [0.25, 0.3) is 0 Å². The number of unbranched alkanes of at least 4 members (excludes halogenated alkanes) is 1. The van der Waals surface area contributed by atoms with Gasteiger partial charge in [-0.25, -0.2) is 0 Å². The number of hydrogen-bond acceptors (Lipinski definition) is 3. The molecule has 1 aromatic rings. The number of carboxylic acid groups (broad SMARTS) is 1. The zero-order valence-corrected chi connectivity index (χ0v) is 12.1. The molecule has 0 bridgehead atoms. The Labute approximate surface area is 120 Å². The van der Waals surface area contributed by atoms with Gasteiger partial charge in [0.25, 0.3) is 0 Å². The highest BCUT2D eigenvalue weighted by atomic mass is 16.4. The minimum absolute atomic E-state index is 0.161. The lowest BCUT2D eigenvalue weighted by Gasteiger charge is -2.24. The zero-order valence-electron chi connectivity index (χ0n) is 12.1. The zero-order chi connectivity index (χ0) is 15.0. The molecule has 1 amide bonds. The molecule has 0 fully saturated rings. The largest absolute Gasteiger partial charge is 0.550 e. The monoisotopic (exact) mass is 276 g/mol. The molecule has 0 heterocycles. The Morgan fingerprint density at radius 3 is 2.45 bits per heavy atom. The third kappa shape index (κ3) is 5.43. The highest BCUT2D eigenvalue weighted by Crippen LogP contribution is 2.21. The van der Waals surface area contributed by atoms with E-state index in [1.54, 1.807) is 19.1 Å². The van der Waals surface area contributed by atoms with Crippen LogP contribution in [0.2, 0.25) is 0 Å². The van der Waals surface area contributed by atoms with E-state index in [4.69, 9.17) is 0 Å². The van der Waals surface area contributed by atoms with Gasteiger partial charge in [-0.05, 0) is 24.5 Å². The Morgan fingerprint density at radius 1 is 1.25 bits per heavy atom. The number of para-hydroxylation sites is 1. The number of carbonyl (C=O) groups is 2. The summed E-state index contributed by atoms with van der Waals surface area (Å²) in [7, 11) is 0.